The van der Waals surface area contributed by atoms with Gasteiger partial charge in [-0.1, -0.05) is 0 Å². The van der Waals surface area contributed by atoms with E-state index in [1.807, 2.05) is 25.7 Å². The number of nitrogens with zero attached hydrogens (tertiary/aromatic N) is 3. The van der Waals surface area contributed by atoms with E-state index in [1.54, 1.807) is 18.6 Å². The topological polar surface area (TPSA) is 64.5 Å². The van der Waals surface area contributed by atoms with Gasteiger partial charge in [0, 0.05) is 25.5 Å². The lowest BCUT2D eigenvalue weighted by Gasteiger charge is -2.34. The molecule has 0 spiro atoms. The Morgan fingerprint density at radius 1 is 1.41 bits per heavy atom. The van der Waals surface area contributed by atoms with Crippen molar-refractivity contribution >= 4 is 6.09 Å². The fourth-order valence-corrected chi connectivity index (χ4v) is 2.48. The second-order valence-electron chi connectivity index (χ2n) is 6.62. The summed E-state index contributed by atoms with van der Waals surface area (Å²) >= 11 is 0. The molecule has 1 amide bonds. The summed E-state index contributed by atoms with van der Waals surface area (Å²) in [6.07, 6.45) is 7.64. The monoisotopic (exact) mass is 307 g/mol. The van der Waals surface area contributed by atoms with Gasteiger partial charge in [0.05, 0.1) is 12.8 Å². The quantitative estimate of drug-likeness (QED) is 0.855. The Kier molecular flexibility index (Phi) is 5.57. The van der Waals surface area contributed by atoms with Crippen LogP contribution in [-0.4, -0.2) is 46.3 Å². The molecule has 0 unspecified atom stereocenters. The van der Waals surface area contributed by atoms with Crippen LogP contribution in [0.25, 0.3) is 0 Å². The molecule has 1 aromatic heterocycles. The van der Waals surface area contributed by atoms with Crippen LogP contribution in [0.3, 0.4) is 0 Å². The average Bonchev–Trinajstić information content (AvgIpc) is 2.47. The van der Waals surface area contributed by atoms with Crippen LogP contribution in [0.2, 0.25) is 0 Å². The third kappa shape index (κ3) is 5.50. The summed E-state index contributed by atoms with van der Waals surface area (Å²) in [4.78, 5) is 22.0. The standard InChI is InChI=1S/C16H25N3O3/c1-16(2,3)22-15(20)19-9-4-5-13(12-19)6-10-21-14-11-17-7-8-18-14/h7-8,11,13H,4-6,9-10,12H2,1-3H3/t13-/m1/s1. The lowest BCUT2D eigenvalue weighted by Crippen LogP contribution is -2.43. The van der Waals surface area contributed by atoms with Gasteiger partial charge in [0.2, 0.25) is 5.88 Å². The number of aromatic nitrogens is 2. The maximum atomic E-state index is 12.1. The largest absolute Gasteiger partial charge is 0.477 e. The SMILES string of the molecule is CC(C)(C)OC(=O)N1CCC[C@H](CCOc2cnccn2)C1. The Balaban J connectivity index is 1.75. The van der Waals surface area contributed by atoms with E-state index in [0.29, 0.717) is 18.4 Å². The highest BCUT2D eigenvalue weighted by atomic mass is 16.6. The van der Waals surface area contributed by atoms with Crippen molar-refractivity contribution in [1.29, 1.82) is 0 Å². The molecule has 6 heteroatoms. The number of rotatable bonds is 4. The van der Waals surface area contributed by atoms with E-state index in [2.05, 4.69) is 9.97 Å². The number of carbonyl (C=O) groups is 1. The van der Waals surface area contributed by atoms with Crippen molar-refractivity contribution in [3.05, 3.63) is 18.6 Å². The van der Waals surface area contributed by atoms with E-state index in [9.17, 15) is 4.79 Å². The second-order valence-corrected chi connectivity index (χ2v) is 6.62. The molecule has 6 nitrogen and oxygen atoms in total. The van der Waals surface area contributed by atoms with Crippen LogP contribution in [0, 0.1) is 5.92 Å². The molecule has 0 saturated carbocycles. The van der Waals surface area contributed by atoms with Crippen molar-refractivity contribution in [2.45, 2.75) is 45.6 Å². The molecule has 1 aromatic rings. The summed E-state index contributed by atoms with van der Waals surface area (Å²) in [7, 11) is 0. The highest BCUT2D eigenvalue weighted by Gasteiger charge is 2.27. The van der Waals surface area contributed by atoms with Crippen molar-refractivity contribution in [3.63, 3.8) is 0 Å². The molecular weight excluding hydrogens is 282 g/mol. The third-order valence-electron chi connectivity index (χ3n) is 3.49. The summed E-state index contributed by atoms with van der Waals surface area (Å²) in [5.74, 6) is 0.986. The van der Waals surface area contributed by atoms with Crippen LogP contribution in [-0.2, 0) is 4.74 Å². The molecule has 122 valence electrons. The van der Waals surface area contributed by atoms with E-state index >= 15 is 0 Å². The van der Waals surface area contributed by atoms with E-state index in [1.165, 1.54) is 0 Å². The Hall–Kier alpha value is -1.85. The van der Waals surface area contributed by atoms with E-state index in [0.717, 1.165) is 32.4 Å². The van der Waals surface area contributed by atoms with Crippen LogP contribution < -0.4 is 4.74 Å². The summed E-state index contributed by atoms with van der Waals surface area (Å²) in [5, 5.41) is 0. The predicted molar refractivity (Wildman–Crippen MR) is 82.7 cm³/mol. The maximum Gasteiger partial charge on any atom is 0.410 e. The molecule has 0 bridgehead atoms. The Labute approximate surface area is 131 Å². The average molecular weight is 307 g/mol. The van der Waals surface area contributed by atoms with Crippen LogP contribution >= 0.6 is 0 Å². The Bertz CT molecular complexity index is 473. The molecule has 22 heavy (non-hydrogen) atoms. The smallest absolute Gasteiger partial charge is 0.410 e. The number of carbonyl (C=O) groups excluding carboxylic acids is 1. The number of hydrogen-bond acceptors (Lipinski definition) is 5. The molecule has 1 atom stereocenters. The zero-order chi connectivity index (χ0) is 16.0. The first-order valence-electron chi connectivity index (χ1n) is 7.81. The fraction of sp³-hybridized carbons (Fsp3) is 0.688. The van der Waals surface area contributed by atoms with E-state index in [4.69, 9.17) is 9.47 Å². The van der Waals surface area contributed by atoms with Crippen LogP contribution in [0.4, 0.5) is 4.79 Å². The molecule has 0 radical (unpaired) electrons. The zero-order valence-electron chi connectivity index (χ0n) is 13.6. The maximum absolute atomic E-state index is 12.1. The van der Waals surface area contributed by atoms with Crippen molar-refractivity contribution < 1.29 is 14.3 Å². The second kappa shape index (κ2) is 7.42. The first-order chi connectivity index (χ1) is 10.4. The minimum atomic E-state index is -0.445. The number of ether oxygens (including phenoxy) is 2. The molecule has 1 fully saturated rings. The summed E-state index contributed by atoms with van der Waals surface area (Å²) in [6.45, 7) is 7.77. The Morgan fingerprint density at radius 3 is 2.91 bits per heavy atom. The third-order valence-corrected chi connectivity index (χ3v) is 3.49. The number of hydrogen-bond donors (Lipinski definition) is 0. The summed E-state index contributed by atoms with van der Waals surface area (Å²) in [6, 6.07) is 0. The first-order valence-corrected chi connectivity index (χ1v) is 7.81. The van der Waals surface area contributed by atoms with E-state index < -0.39 is 5.60 Å². The molecule has 0 aromatic carbocycles. The number of amides is 1. The molecule has 1 aliphatic heterocycles. The summed E-state index contributed by atoms with van der Waals surface area (Å²) < 4.78 is 11.0. The minimum Gasteiger partial charge on any atom is -0.477 e. The van der Waals surface area contributed by atoms with Crippen LogP contribution in [0.5, 0.6) is 5.88 Å². The van der Waals surface area contributed by atoms with Crippen molar-refractivity contribution in [1.82, 2.24) is 14.9 Å². The molecule has 2 rings (SSSR count). The van der Waals surface area contributed by atoms with Gasteiger partial charge in [0.1, 0.15) is 5.60 Å². The van der Waals surface area contributed by atoms with Gasteiger partial charge in [-0.15, -0.1) is 0 Å². The lowest BCUT2D eigenvalue weighted by atomic mass is 9.95. The lowest BCUT2D eigenvalue weighted by molar-refractivity contribution is 0.0154. The van der Waals surface area contributed by atoms with E-state index in [-0.39, 0.29) is 6.09 Å². The van der Waals surface area contributed by atoms with Crippen molar-refractivity contribution in [3.8, 4) is 5.88 Å². The molecule has 1 aliphatic rings. The van der Waals surface area contributed by atoms with Gasteiger partial charge in [-0.25, -0.2) is 9.78 Å². The number of piperidine rings is 1. The molecule has 1 saturated heterocycles. The summed E-state index contributed by atoms with van der Waals surface area (Å²) in [5.41, 5.74) is -0.445. The van der Waals surface area contributed by atoms with Crippen molar-refractivity contribution in [2.75, 3.05) is 19.7 Å². The normalized spacial score (nSPS) is 18.9. The molecular formula is C16H25N3O3. The molecule has 2 heterocycles. The van der Waals surface area contributed by atoms with Gasteiger partial charge in [0.15, 0.2) is 0 Å². The first kappa shape index (κ1) is 16.5. The van der Waals surface area contributed by atoms with Crippen LogP contribution in [0.1, 0.15) is 40.0 Å². The van der Waals surface area contributed by atoms with Crippen LogP contribution in [0.15, 0.2) is 18.6 Å². The van der Waals surface area contributed by atoms with Gasteiger partial charge in [0.25, 0.3) is 0 Å². The Morgan fingerprint density at radius 2 is 2.23 bits per heavy atom. The highest BCUT2D eigenvalue weighted by molar-refractivity contribution is 5.68. The fourth-order valence-electron chi connectivity index (χ4n) is 2.48. The molecule has 0 N–H and O–H groups in total. The highest BCUT2D eigenvalue weighted by Crippen LogP contribution is 2.22. The van der Waals surface area contributed by atoms with Crippen molar-refractivity contribution in [2.24, 2.45) is 5.92 Å². The minimum absolute atomic E-state index is 0.216. The van der Waals surface area contributed by atoms with Gasteiger partial charge in [-0.2, -0.15) is 0 Å². The van der Waals surface area contributed by atoms with Gasteiger partial charge >= 0.3 is 6.09 Å². The number of likely N-dealkylation sites (tertiary alicyclic amines) is 1. The molecule has 0 aliphatic carbocycles. The zero-order valence-corrected chi connectivity index (χ0v) is 13.6. The van der Waals surface area contributed by atoms with Gasteiger partial charge < -0.3 is 14.4 Å². The predicted octanol–water partition coefficient (Wildman–Crippen LogP) is 2.89. The van der Waals surface area contributed by atoms with Gasteiger partial charge in [-0.3, -0.25) is 4.98 Å². The van der Waals surface area contributed by atoms with Gasteiger partial charge in [-0.05, 0) is 46.0 Å².